The van der Waals surface area contributed by atoms with Crippen molar-refractivity contribution in [2.24, 2.45) is 0 Å². The van der Waals surface area contributed by atoms with E-state index in [1.807, 2.05) is 31.2 Å². The van der Waals surface area contributed by atoms with Crippen molar-refractivity contribution >= 4 is 11.5 Å². The topological polar surface area (TPSA) is 35.5 Å². The minimum Gasteiger partial charge on any atom is -0.466 e. The van der Waals surface area contributed by atoms with Crippen LogP contribution in [0, 0.1) is 6.92 Å². The molecule has 1 rings (SSSR count). The lowest BCUT2D eigenvalue weighted by atomic mass is 10.0. The maximum atomic E-state index is 11.2. The second kappa shape index (κ2) is 6.08. The normalized spacial score (nSPS) is 11.3. The van der Waals surface area contributed by atoms with E-state index < -0.39 is 0 Å². The number of ether oxygens (including phenoxy) is 2. The molecule has 0 heterocycles. The van der Waals surface area contributed by atoms with Crippen LogP contribution in [0.5, 0.6) is 0 Å². The van der Waals surface area contributed by atoms with Crippen LogP contribution in [0.1, 0.15) is 11.1 Å². The quantitative estimate of drug-likeness (QED) is 0.576. The van der Waals surface area contributed by atoms with Crippen LogP contribution in [0.3, 0.4) is 0 Å². The molecule has 0 fully saturated rings. The van der Waals surface area contributed by atoms with E-state index in [0.717, 1.165) is 16.7 Å². The summed E-state index contributed by atoms with van der Waals surface area (Å²) in [6, 6.07) is 7.85. The van der Waals surface area contributed by atoms with Gasteiger partial charge in [-0.05, 0) is 23.6 Å². The van der Waals surface area contributed by atoms with Crippen LogP contribution in [0.4, 0.5) is 0 Å². The highest BCUT2D eigenvalue weighted by Gasteiger charge is 2.07. The molecule has 86 valence electrons. The van der Waals surface area contributed by atoms with Gasteiger partial charge in [0.05, 0.1) is 13.7 Å². The monoisotopic (exact) mass is 220 g/mol. The summed E-state index contributed by atoms with van der Waals surface area (Å²) < 4.78 is 9.70. The summed E-state index contributed by atoms with van der Waals surface area (Å²) >= 11 is 0. The Labute approximate surface area is 95.7 Å². The largest absolute Gasteiger partial charge is 0.466 e. The van der Waals surface area contributed by atoms with Crippen LogP contribution >= 0.6 is 0 Å². The number of hydrogen-bond acceptors (Lipinski definition) is 3. The minimum atomic E-state index is -0.365. The second-order valence-electron chi connectivity index (χ2n) is 3.44. The number of benzene rings is 1. The van der Waals surface area contributed by atoms with Crippen molar-refractivity contribution in [3.8, 4) is 0 Å². The molecule has 0 spiro atoms. The van der Waals surface area contributed by atoms with Gasteiger partial charge < -0.3 is 9.47 Å². The molecule has 0 saturated heterocycles. The van der Waals surface area contributed by atoms with Crippen LogP contribution in [0.15, 0.2) is 30.3 Å². The average molecular weight is 220 g/mol. The van der Waals surface area contributed by atoms with Crippen molar-refractivity contribution in [2.45, 2.75) is 6.92 Å². The van der Waals surface area contributed by atoms with E-state index in [-0.39, 0.29) is 5.97 Å². The molecule has 0 aliphatic carbocycles. The van der Waals surface area contributed by atoms with Gasteiger partial charge in [-0.1, -0.05) is 24.3 Å². The van der Waals surface area contributed by atoms with Crippen molar-refractivity contribution < 1.29 is 14.3 Å². The molecular formula is C13H16O3. The van der Waals surface area contributed by atoms with E-state index in [1.165, 1.54) is 13.2 Å². The summed E-state index contributed by atoms with van der Waals surface area (Å²) in [4.78, 5) is 11.2. The molecule has 0 radical (unpaired) electrons. The van der Waals surface area contributed by atoms with E-state index >= 15 is 0 Å². The van der Waals surface area contributed by atoms with E-state index in [2.05, 4.69) is 4.74 Å². The fourth-order valence-electron chi connectivity index (χ4n) is 1.49. The number of carbonyl (C=O) groups is 1. The van der Waals surface area contributed by atoms with Crippen LogP contribution in [-0.2, 0) is 14.3 Å². The number of rotatable bonds is 4. The number of methoxy groups -OCH3 is 2. The third kappa shape index (κ3) is 3.21. The fourth-order valence-corrected chi connectivity index (χ4v) is 1.49. The maximum Gasteiger partial charge on any atom is 0.330 e. The lowest BCUT2D eigenvalue weighted by Crippen LogP contribution is -2.02. The Morgan fingerprint density at radius 3 is 2.56 bits per heavy atom. The predicted molar refractivity (Wildman–Crippen MR) is 63.0 cm³/mol. The van der Waals surface area contributed by atoms with E-state index in [4.69, 9.17) is 4.74 Å². The van der Waals surface area contributed by atoms with Crippen molar-refractivity contribution in [3.63, 3.8) is 0 Å². The molecule has 1 aromatic rings. The van der Waals surface area contributed by atoms with Crippen LogP contribution in [0.25, 0.3) is 5.57 Å². The Balaban J connectivity index is 3.07. The van der Waals surface area contributed by atoms with E-state index in [1.54, 1.807) is 7.11 Å². The highest BCUT2D eigenvalue weighted by Crippen LogP contribution is 2.18. The molecule has 0 saturated carbocycles. The highest BCUT2D eigenvalue weighted by molar-refractivity contribution is 5.92. The molecule has 0 aliphatic rings. The maximum absolute atomic E-state index is 11.2. The van der Waals surface area contributed by atoms with Crippen molar-refractivity contribution in [2.75, 3.05) is 20.8 Å². The Hall–Kier alpha value is -1.61. The Morgan fingerprint density at radius 1 is 1.31 bits per heavy atom. The van der Waals surface area contributed by atoms with Crippen molar-refractivity contribution in [1.82, 2.24) is 0 Å². The lowest BCUT2D eigenvalue weighted by Gasteiger charge is -2.09. The molecule has 3 heteroatoms. The van der Waals surface area contributed by atoms with Gasteiger partial charge in [-0.15, -0.1) is 0 Å². The average Bonchev–Trinajstić information content (AvgIpc) is 2.29. The fraction of sp³-hybridized carbons (Fsp3) is 0.308. The summed E-state index contributed by atoms with van der Waals surface area (Å²) in [5.74, 6) is -0.365. The first kappa shape index (κ1) is 12.5. The molecule has 0 N–H and O–H groups in total. The molecule has 1 aromatic carbocycles. The second-order valence-corrected chi connectivity index (χ2v) is 3.44. The van der Waals surface area contributed by atoms with Crippen molar-refractivity contribution in [1.29, 1.82) is 0 Å². The van der Waals surface area contributed by atoms with Gasteiger partial charge in [-0.3, -0.25) is 0 Å². The number of hydrogen-bond donors (Lipinski definition) is 0. The Kier molecular flexibility index (Phi) is 4.73. The van der Waals surface area contributed by atoms with Gasteiger partial charge in [0.15, 0.2) is 0 Å². The first-order valence-electron chi connectivity index (χ1n) is 5.02. The van der Waals surface area contributed by atoms with Gasteiger partial charge in [0.1, 0.15) is 0 Å². The standard InChI is InChI=1S/C13H16O3/c1-10-6-4-5-7-12(10)11(9-15-2)8-13(14)16-3/h4-8H,9H2,1-3H3/b11-8+. The molecule has 0 aliphatic heterocycles. The smallest absolute Gasteiger partial charge is 0.330 e. The first-order valence-corrected chi connectivity index (χ1v) is 5.02. The summed E-state index contributed by atoms with van der Waals surface area (Å²) in [6.45, 7) is 2.38. The molecule has 0 bridgehead atoms. The number of carbonyl (C=O) groups excluding carboxylic acids is 1. The molecule has 0 aromatic heterocycles. The first-order chi connectivity index (χ1) is 7.69. The summed E-state index contributed by atoms with van der Waals surface area (Å²) in [6.07, 6.45) is 1.46. The van der Waals surface area contributed by atoms with Gasteiger partial charge in [-0.25, -0.2) is 4.79 Å². The van der Waals surface area contributed by atoms with E-state index in [9.17, 15) is 4.79 Å². The Morgan fingerprint density at radius 2 is 2.00 bits per heavy atom. The number of aryl methyl sites for hydroxylation is 1. The minimum absolute atomic E-state index is 0.365. The van der Waals surface area contributed by atoms with Gasteiger partial charge in [0.2, 0.25) is 0 Å². The third-order valence-electron chi connectivity index (χ3n) is 2.28. The molecular weight excluding hydrogens is 204 g/mol. The molecule has 0 amide bonds. The molecule has 0 unspecified atom stereocenters. The predicted octanol–water partition coefficient (Wildman–Crippen LogP) is 2.20. The SMILES string of the molecule is COC/C(=C\C(=O)OC)c1ccccc1C. The van der Waals surface area contributed by atoms with Gasteiger partial charge >= 0.3 is 5.97 Å². The third-order valence-corrected chi connectivity index (χ3v) is 2.28. The molecule has 0 atom stereocenters. The number of esters is 1. The van der Waals surface area contributed by atoms with Crippen molar-refractivity contribution in [3.05, 3.63) is 41.5 Å². The summed E-state index contributed by atoms with van der Waals surface area (Å²) in [5, 5.41) is 0. The zero-order chi connectivity index (χ0) is 12.0. The lowest BCUT2D eigenvalue weighted by molar-refractivity contribution is -0.134. The summed E-state index contributed by atoms with van der Waals surface area (Å²) in [5.41, 5.74) is 2.94. The van der Waals surface area contributed by atoms with Crippen LogP contribution in [0.2, 0.25) is 0 Å². The highest BCUT2D eigenvalue weighted by atomic mass is 16.5. The van der Waals surface area contributed by atoms with Gasteiger partial charge in [0.25, 0.3) is 0 Å². The van der Waals surface area contributed by atoms with Crippen LogP contribution in [-0.4, -0.2) is 26.8 Å². The zero-order valence-corrected chi connectivity index (χ0v) is 9.82. The molecule has 16 heavy (non-hydrogen) atoms. The summed E-state index contributed by atoms with van der Waals surface area (Å²) in [7, 11) is 2.96. The van der Waals surface area contributed by atoms with Gasteiger partial charge in [0, 0.05) is 13.2 Å². The molecule has 3 nitrogen and oxygen atoms in total. The Bertz CT molecular complexity index is 394. The van der Waals surface area contributed by atoms with E-state index in [0.29, 0.717) is 6.61 Å². The van der Waals surface area contributed by atoms with Gasteiger partial charge in [-0.2, -0.15) is 0 Å². The van der Waals surface area contributed by atoms with Crippen LogP contribution < -0.4 is 0 Å². The zero-order valence-electron chi connectivity index (χ0n) is 9.82.